The minimum absolute atomic E-state index is 0.0671. The van der Waals surface area contributed by atoms with Crippen LogP contribution in [0, 0.1) is 0 Å². The predicted molar refractivity (Wildman–Crippen MR) is 77.6 cm³/mol. The maximum atomic E-state index is 11.6. The number of methoxy groups -OCH3 is 1. The first-order valence-corrected chi connectivity index (χ1v) is 6.42. The van der Waals surface area contributed by atoms with E-state index >= 15 is 0 Å². The Kier molecular flexibility index (Phi) is 3.88. The minimum Gasteiger partial charge on any atom is -0.491 e. The molecular weight excluding hydrogens is 258 g/mol. The summed E-state index contributed by atoms with van der Waals surface area (Å²) in [6, 6.07) is 5.41. The topological polar surface area (TPSA) is 51.9 Å². The minimum atomic E-state index is -0.489. The highest BCUT2D eigenvalue weighted by Crippen LogP contribution is 2.34. The second kappa shape index (κ2) is 5.45. The number of carbonyl (C=O) groups excluding carboxylic acids is 1. The molecule has 0 aliphatic rings. The molecule has 0 saturated heterocycles. The van der Waals surface area contributed by atoms with Crippen LogP contribution in [0.3, 0.4) is 0 Å². The Morgan fingerprint density at radius 3 is 2.50 bits per heavy atom. The first-order chi connectivity index (χ1) is 9.42. The number of fused-ring (bicyclic) bond motifs is 1. The standard InChI is InChI=1S/C15H19NO4/c1-9(2)19-10-6-12(16(3)4)11-8-14(15(17)18-5)20-13(11)7-10/h6-9H,1-5H3. The number of carbonyl (C=O) groups is 1. The molecule has 0 saturated carbocycles. The highest BCUT2D eigenvalue weighted by atomic mass is 16.5. The quantitative estimate of drug-likeness (QED) is 0.804. The number of rotatable bonds is 4. The summed E-state index contributed by atoms with van der Waals surface area (Å²) >= 11 is 0. The van der Waals surface area contributed by atoms with Gasteiger partial charge in [-0.1, -0.05) is 0 Å². The first kappa shape index (κ1) is 14.2. The van der Waals surface area contributed by atoms with Crippen LogP contribution in [0.2, 0.25) is 0 Å². The van der Waals surface area contributed by atoms with E-state index in [1.54, 1.807) is 12.1 Å². The van der Waals surface area contributed by atoms with Crippen LogP contribution in [0.25, 0.3) is 11.0 Å². The van der Waals surface area contributed by atoms with Crippen molar-refractivity contribution in [2.75, 3.05) is 26.1 Å². The molecule has 0 fully saturated rings. The van der Waals surface area contributed by atoms with Crippen LogP contribution in [0.5, 0.6) is 5.75 Å². The molecule has 5 heteroatoms. The lowest BCUT2D eigenvalue weighted by molar-refractivity contribution is 0.0567. The van der Waals surface area contributed by atoms with Gasteiger partial charge in [-0.25, -0.2) is 4.79 Å². The molecule has 0 aliphatic carbocycles. The van der Waals surface area contributed by atoms with Crippen LogP contribution < -0.4 is 9.64 Å². The van der Waals surface area contributed by atoms with Gasteiger partial charge in [-0.3, -0.25) is 0 Å². The molecule has 1 heterocycles. The molecule has 0 amide bonds. The second-order valence-corrected chi connectivity index (χ2v) is 5.02. The van der Waals surface area contributed by atoms with Crippen molar-refractivity contribution in [1.29, 1.82) is 0 Å². The van der Waals surface area contributed by atoms with Gasteiger partial charge in [0.2, 0.25) is 5.76 Å². The Labute approximate surface area is 118 Å². The summed E-state index contributed by atoms with van der Waals surface area (Å²) in [7, 11) is 5.19. The number of benzene rings is 1. The third-order valence-electron chi connectivity index (χ3n) is 2.83. The second-order valence-electron chi connectivity index (χ2n) is 5.02. The van der Waals surface area contributed by atoms with Gasteiger partial charge in [0.05, 0.1) is 18.9 Å². The van der Waals surface area contributed by atoms with Crippen LogP contribution in [0.1, 0.15) is 24.4 Å². The van der Waals surface area contributed by atoms with Crippen LogP contribution in [-0.4, -0.2) is 33.3 Å². The maximum absolute atomic E-state index is 11.6. The van der Waals surface area contributed by atoms with Crippen molar-refractivity contribution in [3.8, 4) is 5.75 Å². The van der Waals surface area contributed by atoms with Gasteiger partial charge in [-0.2, -0.15) is 0 Å². The fourth-order valence-electron chi connectivity index (χ4n) is 2.01. The van der Waals surface area contributed by atoms with Gasteiger partial charge in [0.25, 0.3) is 0 Å². The number of ether oxygens (including phenoxy) is 2. The number of esters is 1. The average molecular weight is 277 g/mol. The van der Waals surface area contributed by atoms with Crippen LogP contribution >= 0.6 is 0 Å². The molecule has 2 aromatic rings. The van der Waals surface area contributed by atoms with Gasteiger partial charge >= 0.3 is 5.97 Å². The Bertz CT molecular complexity index is 628. The first-order valence-electron chi connectivity index (χ1n) is 6.42. The molecule has 2 rings (SSSR count). The van der Waals surface area contributed by atoms with Crippen molar-refractivity contribution in [1.82, 2.24) is 0 Å². The highest BCUT2D eigenvalue weighted by molar-refractivity contribution is 5.98. The number of hydrogen-bond donors (Lipinski definition) is 0. The summed E-state index contributed by atoms with van der Waals surface area (Å²) in [5.41, 5.74) is 1.53. The molecule has 0 N–H and O–H groups in total. The van der Waals surface area contributed by atoms with Crippen LogP contribution in [0.4, 0.5) is 5.69 Å². The third-order valence-corrected chi connectivity index (χ3v) is 2.83. The fourth-order valence-corrected chi connectivity index (χ4v) is 2.01. The lowest BCUT2D eigenvalue weighted by Gasteiger charge is -2.16. The van der Waals surface area contributed by atoms with Crippen molar-refractivity contribution in [2.45, 2.75) is 20.0 Å². The Hall–Kier alpha value is -2.17. The van der Waals surface area contributed by atoms with E-state index in [1.165, 1.54) is 7.11 Å². The Morgan fingerprint density at radius 2 is 1.95 bits per heavy atom. The zero-order valence-corrected chi connectivity index (χ0v) is 12.4. The van der Waals surface area contributed by atoms with E-state index in [1.807, 2.05) is 38.9 Å². The van der Waals surface area contributed by atoms with Gasteiger partial charge in [0.1, 0.15) is 11.3 Å². The molecular formula is C15H19NO4. The Balaban J connectivity index is 2.58. The van der Waals surface area contributed by atoms with Gasteiger partial charge in [-0.05, 0) is 13.8 Å². The van der Waals surface area contributed by atoms with E-state index in [4.69, 9.17) is 9.15 Å². The van der Waals surface area contributed by atoms with Gasteiger partial charge in [-0.15, -0.1) is 0 Å². The van der Waals surface area contributed by atoms with E-state index in [0.717, 1.165) is 11.1 Å². The number of furan rings is 1. The van der Waals surface area contributed by atoms with Gasteiger partial charge in [0, 0.05) is 37.7 Å². The number of nitrogens with zero attached hydrogens (tertiary/aromatic N) is 1. The van der Waals surface area contributed by atoms with Crippen molar-refractivity contribution >= 4 is 22.6 Å². The van der Waals surface area contributed by atoms with E-state index in [0.29, 0.717) is 11.3 Å². The summed E-state index contributed by atoms with van der Waals surface area (Å²) in [5, 5.41) is 0.853. The molecule has 0 unspecified atom stereocenters. The average Bonchev–Trinajstić information content (AvgIpc) is 2.79. The molecule has 1 aromatic carbocycles. The van der Waals surface area contributed by atoms with Gasteiger partial charge < -0.3 is 18.8 Å². The summed E-state index contributed by atoms with van der Waals surface area (Å²) in [5.74, 6) is 0.409. The lowest BCUT2D eigenvalue weighted by Crippen LogP contribution is -2.10. The smallest absolute Gasteiger partial charge is 0.373 e. The van der Waals surface area contributed by atoms with Crippen LogP contribution in [-0.2, 0) is 4.74 Å². The SMILES string of the molecule is COC(=O)c1cc2c(N(C)C)cc(OC(C)C)cc2o1. The molecule has 0 radical (unpaired) electrons. The van der Waals surface area contributed by atoms with Crippen LogP contribution in [0.15, 0.2) is 22.6 Å². The summed E-state index contributed by atoms with van der Waals surface area (Å²) in [6.07, 6.45) is 0.0671. The lowest BCUT2D eigenvalue weighted by atomic mass is 10.2. The molecule has 0 aliphatic heterocycles. The number of hydrogen-bond acceptors (Lipinski definition) is 5. The summed E-state index contributed by atoms with van der Waals surface area (Å²) in [4.78, 5) is 13.5. The van der Waals surface area contributed by atoms with Crippen molar-refractivity contribution in [3.05, 3.63) is 24.0 Å². The fraction of sp³-hybridized carbons (Fsp3) is 0.400. The summed E-state index contributed by atoms with van der Waals surface area (Å²) in [6.45, 7) is 3.92. The zero-order chi connectivity index (χ0) is 14.9. The van der Waals surface area contributed by atoms with E-state index in [9.17, 15) is 4.79 Å². The van der Waals surface area contributed by atoms with Gasteiger partial charge in [0.15, 0.2) is 0 Å². The largest absolute Gasteiger partial charge is 0.491 e. The molecule has 0 atom stereocenters. The zero-order valence-electron chi connectivity index (χ0n) is 12.4. The van der Waals surface area contributed by atoms with E-state index in [-0.39, 0.29) is 11.9 Å². The normalized spacial score (nSPS) is 10.9. The third kappa shape index (κ3) is 2.71. The molecule has 20 heavy (non-hydrogen) atoms. The van der Waals surface area contributed by atoms with Crippen molar-refractivity contribution in [2.24, 2.45) is 0 Å². The van der Waals surface area contributed by atoms with E-state index in [2.05, 4.69) is 4.74 Å². The maximum Gasteiger partial charge on any atom is 0.373 e. The van der Waals surface area contributed by atoms with E-state index < -0.39 is 5.97 Å². The van der Waals surface area contributed by atoms with Crippen molar-refractivity contribution < 1.29 is 18.7 Å². The molecule has 1 aromatic heterocycles. The number of anilines is 1. The molecule has 5 nitrogen and oxygen atoms in total. The summed E-state index contributed by atoms with van der Waals surface area (Å²) < 4.78 is 15.9. The van der Waals surface area contributed by atoms with Crippen molar-refractivity contribution in [3.63, 3.8) is 0 Å². The Morgan fingerprint density at radius 1 is 1.25 bits per heavy atom. The molecule has 108 valence electrons. The molecule has 0 bridgehead atoms. The monoisotopic (exact) mass is 277 g/mol. The predicted octanol–water partition coefficient (Wildman–Crippen LogP) is 3.07. The highest BCUT2D eigenvalue weighted by Gasteiger charge is 2.17. The molecule has 0 spiro atoms.